The Balaban J connectivity index is 2.86. The molecule has 0 aliphatic carbocycles. The number of rotatable bonds is 7. The van der Waals surface area contributed by atoms with Gasteiger partial charge in [0.1, 0.15) is 5.75 Å². The molecule has 0 aromatic heterocycles. The van der Waals surface area contributed by atoms with Gasteiger partial charge in [-0.3, -0.25) is 0 Å². The maximum Gasteiger partial charge on any atom is 0.122 e. The molecule has 0 aliphatic rings. The largest absolute Gasteiger partial charge is 0.493 e. The van der Waals surface area contributed by atoms with Crippen LogP contribution in [0.25, 0.3) is 0 Å². The molecule has 0 aliphatic heterocycles. The van der Waals surface area contributed by atoms with Crippen LogP contribution in [0, 0.1) is 19.8 Å². The van der Waals surface area contributed by atoms with Gasteiger partial charge >= 0.3 is 0 Å². The molecule has 1 rings (SSSR count). The fraction of sp³-hybridized carbons (Fsp3) is 0.600. The summed E-state index contributed by atoms with van der Waals surface area (Å²) in [6.45, 7) is 8.43. The van der Waals surface area contributed by atoms with E-state index < -0.39 is 0 Å². The van der Waals surface area contributed by atoms with Gasteiger partial charge in [0.25, 0.3) is 0 Å². The molecule has 0 atom stereocenters. The van der Waals surface area contributed by atoms with Gasteiger partial charge in [-0.05, 0) is 68.5 Å². The Labute approximate surface area is 111 Å². The van der Waals surface area contributed by atoms with E-state index in [4.69, 9.17) is 16.2 Å². The van der Waals surface area contributed by atoms with Crippen molar-refractivity contribution in [1.82, 2.24) is 0 Å². The van der Waals surface area contributed by atoms with Gasteiger partial charge in [0, 0.05) is 0 Å². The summed E-state index contributed by atoms with van der Waals surface area (Å²) in [5.74, 6) is 1.36. The molecule has 4 N–H and O–H groups in total. The molecule has 18 heavy (non-hydrogen) atoms. The van der Waals surface area contributed by atoms with E-state index in [0.29, 0.717) is 19.0 Å². The third-order valence-corrected chi connectivity index (χ3v) is 3.49. The third kappa shape index (κ3) is 3.72. The summed E-state index contributed by atoms with van der Waals surface area (Å²) in [6, 6.07) is 4.21. The van der Waals surface area contributed by atoms with Crippen LogP contribution in [-0.4, -0.2) is 19.7 Å². The number of nitrogens with two attached hydrogens (primary N) is 2. The van der Waals surface area contributed by atoms with Crippen molar-refractivity contribution < 1.29 is 4.74 Å². The molecule has 3 nitrogen and oxygen atoms in total. The Hall–Kier alpha value is -1.06. The SMILES string of the molecule is CCCOc1ccc(CC(CN)CN)c(C)c1C. The van der Waals surface area contributed by atoms with Crippen LogP contribution in [0.5, 0.6) is 5.75 Å². The normalized spacial score (nSPS) is 11.0. The first-order valence-corrected chi connectivity index (χ1v) is 6.76. The standard InChI is InChI=1S/C15H26N2O/c1-4-7-18-15-6-5-14(11(2)12(15)3)8-13(9-16)10-17/h5-6,13H,4,7-10,16-17H2,1-3H3. The summed E-state index contributed by atoms with van der Waals surface area (Å²) in [4.78, 5) is 0. The van der Waals surface area contributed by atoms with E-state index in [1.54, 1.807) is 0 Å². The van der Waals surface area contributed by atoms with Crippen LogP contribution in [0.15, 0.2) is 12.1 Å². The lowest BCUT2D eigenvalue weighted by atomic mass is 9.93. The van der Waals surface area contributed by atoms with Crippen LogP contribution in [0.1, 0.15) is 30.0 Å². The van der Waals surface area contributed by atoms with Crippen molar-refractivity contribution in [2.75, 3.05) is 19.7 Å². The Morgan fingerprint density at radius 1 is 1.11 bits per heavy atom. The van der Waals surface area contributed by atoms with E-state index in [9.17, 15) is 0 Å². The molecular weight excluding hydrogens is 224 g/mol. The molecular formula is C15H26N2O. The van der Waals surface area contributed by atoms with Crippen molar-refractivity contribution in [3.8, 4) is 5.75 Å². The minimum Gasteiger partial charge on any atom is -0.493 e. The van der Waals surface area contributed by atoms with Crippen LogP contribution in [0.3, 0.4) is 0 Å². The molecule has 0 unspecified atom stereocenters. The summed E-state index contributed by atoms with van der Waals surface area (Å²) >= 11 is 0. The highest BCUT2D eigenvalue weighted by Gasteiger charge is 2.11. The first-order valence-electron chi connectivity index (χ1n) is 6.76. The van der Waals surface area contributed by atoms with E-state index in [1.165, 1.54) is 16.7 Å². The lowest BCUT2D eigenvalue weighted by molar-refractivity contribution is 0.315. The van der Waals surface area contributed by atoms with Gasteiger partial charge < -0.3 is 16.2 Å². The van der Waals surface area contributed by atoms with Crippen molar-refractivity contribution in [2.24, 2.45) is 17.4 Å². The van der Waals surface area contributed by atoms with Crippen LogP contribution >= 0.6 is 0 Å². The average molecular weight is 250 g/mol. The van der Waals surface area contributed by atoms with Gasteiger partial charge in [-0.2, -0.15) is 0 Å². The second kappa shape index (κ2) is 7.39. The smallest absolute Gasteiger partial charge is 0.122 e. The average Bonchev–Trinajstić information content (AvgIpc) is 2.39. The van der Waals surface area contributed by atoms with Gasteiger partial charge in [0.2, 0.25) is 0 Å². The summed E-state index contributed by atoms with van der Waals surface area (Å²) in [5.41, 5.74) is 15.3. The van der Waals surface area contributed by atoms with E-state index in [-0.39, 0.29) is 0 Å². The molecule has 0 bridgehead atoms. The molecule has 0 radical (unpaired) electrons. The molecule has 0 fully saturated rings. The zero-order valence-electron chi connectivity index (χ0n) is 11.8. The van der Waals surface area contributed by atoms with Crippen LogP contribution in [-0.2, 0) is 6.42 Å². The Morgan fingerprint density at radius 3 is 2.33 bits per heavy atom. The summed E-state index contributed by atoms with van der Waals surface area (Å²) < 4.78 is 5.73. The van der Waals surface area contributed by atoms with Gasteiger partial charge in [-0.25, -0.2) is 0 Å². The third-order valence-electron chi connectivity index (χ3n) is 3.49. The number of hydrogen-bond acceptors (Lipinski definition) is 3. The summed E-state index contributed by atoms with van der Waals surface area (Å²) in [5, 5.41) is 0. The Bertz CT molecular complexity index is 373. The van der Waals surface area contributed by atoms with E-state index in [2.05, 4.69) is 32.9 Å². The summed E-state index contributed by atoms with van der Waals surface area (Å²) in [7, 11) is 0. The predicted octanol–water partition coefficient (Wildman–Crippen LogP) is 2.17. The van der Waals surface area contributed by atoms with Crippen LogP contribution in [0.4, 0.5) is 0 Å². The zero-order valence-corrected chi connectivity index (χ0v) is 11.8. The highest BCUT2D eigenvalue weighted by atomic mass is 16.5. The number of benzene rings is 1. The molecule has 0 saturated heterocycles. The number of hydrogen-bond donors (Lipinski definition) is 2. The van der Waals surface area contributed by atoms with Crippen molar-refractivity contribution in [3.63, 3.8) is 0 Å². The van der Waals surface area contributed by atoms with Gasteiger partial charge in [-0.1, -0.05) is 13.0 Å². The molecule has 102 valence electrons. The topological polar surface area (TPSA) is 61.3 Å². The second-order valence-electron chi connectivity index (χ2n) is 4.86. The van der Waals surface area contributed by atoms with E-state index in [0.717, 1.165) is 25.2 Å². The van der Waals surface area contributed by atoms with Crippen molar-refractivity contribution in [2.45, 2.75) is 33.6 Å². The quantitative estimate of drug-likeness (QED) is 0.779. The van der Waals surface area contributed by atoms with Crippen molar-refractivity contribution >= 4 is 0 Å². The molecule has 0 spiro atoms. The highest BCUT2D eigenvalue weighted by molar-refractivity contribution is 5.43. The maximum absolute atomic E-state index is 5.73. The monoisotopic (exact) mass is 250 g/mol. The minimum absolute atomic E-state index is 0.366. The molecule has 1 aromatic carbocycles. The van der Waals surface area contributed by atoms with Crippen molar-refractivity contribution in [3.05, 3.63) is 28.8 Å². The first kappa shape index (κ1) is 15.0. The van der Waals surface area contributed by atoms with Crippen molar-refractivity contribution in [1.29, 1.82) is 0 Å². The van der Waals surface area contributed by atoms with Crippen LogP contribution in [0.2, 0.25) is 0 Å². The van der Waals surface area contributed by atoms with Crippen LogP contribution < -0.4 is 16.2 Å². The maximum atomic E-state index is 5.73. The lowest BCUT2D eigenvalue weighted by Crippen LogP contribution is -2.25. The molecule has 0 amide bonds. The molecule has 0 heterocycles. The zero-order chi connectivity index (χ0) is 13.5. The number of ether oxygens (including phenoxy) is 1. The fourth-order valence-corrected chi connectivity index (χ4v) is 2.02. The highest BCUT2D eigenvalue weighted by Crippen LogP contribution is 2.25. The fourth-order valence-electron chi connectivity index (χ4n) is 2.02. The van der Waals surface area contributed by atoms with E-state index in [1.807, 2.05) is 0 Å². The second-order valence-corrected chi connectivity index (χ2v) is 4.86. The predicted molar refractivity (Wildman–Crippen MR) is 77.0 cm³/mol. The van der Waals surface area contributed by atoms with Gasteiger partial charge in [-0.15, -0.1) is 0 Å². The first-order chi connectivity index (χ1) is 8.63. The summed E-state index contributed by atoms with van der Waals surface area (Å²) in [6.07, 6.45) is 1.98. The minimum atomic E-state index is 0.366. The molecule has 3 heteroatoms. The lowest BCUT2D eigenvalue weighted by Gasteiger charge is -2.17. The molecule has 0 saturated carbocycles. The Kier molecular flexibility index (Phi) is 6.16. The van der Waals surface area contributed by atoms with Gasteiger partial charge in [0.15, 0.2) is 0 Å². The van der Waals surface area contributed by atoms with Gasteiger partial charge in [0.05, 0.1) is 6.61 Å². The van der Waals surface area contributed by atoms with E-state index >= 15 is 0 Å². The molecule has 1 aromatic rings. The Morgan fingerprint density at radius 2 is 1.78 bits per heavy atom.